The van der Waals surface area contributed by atoms with Crippen LogP contribution in [-0.4, -0.2) is 32.2 Å². The Balaban J connectivity index is 2.61. The largest absolute Gasteiger partial charge is 0.415 e. The molecule has 0 spiro atoms. The third-order valence-corrected chi connectivity index (χ3v) is 3.58. The fraction of sp³-hybridized carbons (Fsp3) is 0.571. The molecule has 1 heterocycles. The Labute approximate surface area is 111 Å². The monoisotopic (exact) mass is 264 g/mol. The van der Waals surface area contributed by atoms with Crippen LogP contribution < -0.4 is 0 Å². The van der Waals surface area contributed by atoms with Crippen LogP contribution >= 0.6 is 0 Å². The van der Waals surface area contributed by atoms with Crippen LogP contribution in [0.3, 0.4) is 0 Å². The molecule has 0 N–H and O–H groups in total. The average molecular weight is 264 g/mol. The molecule has 1 aromatic rings. The van der Waals surface area contributed by atoms with Gasteiger partial charge in [0.15, 0.2) is 8.32 Å². The van der Waals surface area contributed by atoms with Gasteiger partial charge in [-0.25, -0.2) is 0 Å². The smallest absolute Gasteiger partial charge is 0.183 e. The Morgan fingerprint density at radius 3 is 2.56 bits per heavy atom. The lowest BCUT2D eigenvalue weighted by molar-refractivity contribution is 0.255. The van der Waals surface area contributed by atoms with Crippen LogP contribution in [0, 0.1) is 5.92 Å². The molecule has 0 aromatic carbocycles. The van der Waals surface area contributed by atoms with Crippen molar-refractivity contribution in [2.45, 2.75) is 39.5 Å². The lowest BCUT2D eigenvalue weighted by atomic mass is 10.1. The van der Waals surface area contributed by atoms with E-state index in [1.165, 1.54) is 0 Å². The molecule has 0 radical (unpaired) electrons. The van der Waals surface area contributed by atoms with Crippen molar-refractivity contribution >= 4 is 14.5 Å². The van der Waals surface area contributed by atoms with E-state index in [0.29, 0.717) is 12.5 Å². The minimum absolute atomic E-state index is 0.207. The predicted molar refractivity (Wildman–Crippen MR) is 79.8 cm³/mol. The summed E-state index contributed by atoms with van der Waals surface area (Å²) in [5, 5.41) is 0. The second-order valence-corrected chi connectivity index (χ2v) is 10.3. The summed E-state index contributed by atoms with van der Waals surface area (Å²) in [6, 6.07) is 6.04. The van der Waals surface area contributed by atoms with Crippen LogP contribution in [0.25, 0.3) is 0 Å². The van der Waals surface area contributed by atoms with Crippen molar-refractivity contribution in [3.05, 3.63) is 30.1 Å². The summed E-state index contributed by atoms with van der Waals surface area (Å²) in [6.07, 6.45) is 3.63. The number of hydrogen-bond acceptors (Lipinski definition) is 3. The first-order valence-electron chi connectivity index (χ1n) is 6.46. The first kappa shape index (κ1) is 15.1. The Hall–Kier alpha value is -1.00. The highest BCUT2D eigenvalue weighted by Gasteiger charge is 2.19. The Morgan fingerprint density at radius 2 is 2.06 bits per heavy atom. The fourth-order valence-corrected chi connectivity index (χ4v) is 2.04. The number of hydrogen-bond donors (Lipinski definition) is 0. The molecule has 0 fully saturated rings. The molecule has 0 amide bonds. The summed E-state index contributed by atoms with van der Waals surface area (Å²) in [4.78, 5) is 8.84. The molecule has 0 aliphatic rings. The molecule has 0 aliphatic carbocycles. The van der Waals surface area contributed by atoms with E-state index >= 15 is 0 Å². The molecular formula is C14H24N2OSi. The van der Waals surface area contributed by atoms with Crippen LogP contribution in [0.1, 0.15) is 19.5 Å². The van der Waals surface area contributed by atoms with Crippen LogP contribution in [0.2, 0.25) is 19.6 Å². The quantitative estimate of drug-likeness (QED) is 0.583. The molecule has 0 bridgehead atoms. The summed E-state index contributed by atoms with van der Waals surface area (Å²) >= 11 is 0. The highest BCUT2D eigenvalue weighted by Crippen LogP contribution is 2.11. The minimum Gasteiger partial charge on any atom is -0.415 e. The van der Waals surface area contributed by atoms with Gasteiger partial charge in [0.2, 0.25) is 0 Å². The zero-order valence-corrected chi connectivity index (χ0v) is 13.1. The Morgan fingerprint density at radius 1 is 1.33 bits per heavy atom. The molecule has 0 saturated heterocycles. The molecule has 100 valence electrons. The van der Waals surface area contributed by atoms with E-state index in [-0.39, 0.29) is 6.04 Å². The van der Waals surface area contributed by atoms with Gasteiger partial charge in [-0.05, 0) is 37.7 Å². The van der Waals surface area contributed by atoms with Gasteiger partial charge in [0.25, 0.3) is 0 Å². The van der Waals surface area contributed by atoms with Crippen LogP contribution in [0.15, 0.2) is 29.4 Å². The molecule has 18 heavy (non-hydrogen) atoms. The van der Waals surface area contributed by atoms with E-state index in [0.717, 1.165) is 5.69 Å². The van der Waals surface area contributed by atoms with Gasteiger partial charge in [-0.1, -0.05) is 19.9 Å². The van der Waals surface area contributed by atoms with Crippen LogP contribution in [-0.2, 0) is 4.43 Å². The predicted octanol–water partition coefficient (Wildman–Crippen LogP) is 3.38. The number of pyridine rings is 1. The molecule has 1 aromatic heterocycles. The van der Waals surface area contributed by atoms with E-state index in [4.69, 9.17) is 4.43 Å². The molecule has 1 unspecified atom stereocenters. The Bertz CT molecular complexity index is 371. The highest BCUT2D eigenvalue weighted by atomic mass is 28.4. The average Bonchev–Trinajstić information content (AvgIpc) is 2.28. The molecule has 4 heteroatoms. The first-order valence-corrected chi connectivity index (χ1v) is 9.87. The third-order valence-electron chi connectivity index (χ3n) is 2.54. The van der Waals surface area contributed by atoms with Gasteiger partial charge in [0.05, 0.1) is 18.3 Å². The van der Waals surface area contributed by atoms with Crippen LogP contribution in [0.4, 0.5) is 0 Å². The summed E-state index contributed by atoms with van der Waals surface area (Å²) in [5.74, 6) is 0.473. The lowest BCUT2D eigenvalue weighted by Crippen LogP contribution is -2.31. The summed E-state index contributed by atoms with van der Waals surface area (Å²) in [7, 11) is -1.46. The van der Waals surface area contributed by atoms with E-state index in [1.54, 1.807) is 6.20 Å². The summed E-state index contributed by atoms with van der Waals surface area (Å²) in [6.45, 7) is 11.7. The molecule has 0 aliphatic heterocycles. The van der Waals surface area contributed by atoms with Gasteiger partial charge >= 0.3 is 0 Å². The number of aliphatic imine (C=N–C) groups is 1. The maximum atomic E-state index is 5.95. The van der Waals surface area contributed by atoms with Gasteiger partial charge in [0, 0.05) is 12.4 Å². The van der Waals surface area contributed by atoms with Crippen molar-refractivity contribution in [3.63, 3.8) is 0 Å². The third kappa shape index (κ3) is 6.07. The van der Waals surface area contributed by atoms with E-state index in [1.807, 2.05) is 24.4 Å². The molecule has 1 atom stereocenters. The zero-order chi connectivity index (χ0) is 13.6. The maximum absolute atomic E-state index is 5.95. The van der Waals surface area contributed by atoms with Gasteiger partial charge in [-0.3, -0.25) is 9.98 Å². The molecular weight excluding hydrogens is 240 g/mol. The second kappa shape index (κ2) is 6.80. The van der Waals surface area contributed by atoms with Crippen LogP contribution in [0.5, 0.6) is 0 Å². The van der Waals surface area contributed by atoms with Gasteiger partial charge < -0.3 is 4.43 Å². The molecule has 0 saturated carbocycles. The van der Waals surface area contributed by atoms with Gasteiger partial charge in [0.1, 0.15) is 0 Å². The summed E-state index contributed by atoms with van der Waals surface area (Å²) in [5.41, 5.74) is 0.899. The topological polar surface area (TPSA) is 34.5 Å². The van der Waals surface area contributed by atoms with Crippen molar-refractivity contribution in [2.24, 2.45) is 10.9 Å². The fourth-order valence-electron chi connectivity index (χ4n) is 1.37. The normalized spacial score (nSPS) is 14.3. The van der Waals surface area contributed by atoms with Crippen molar-refractivity contribution in [3.8, 4) is 0 Å². The SMILES string of the molecule is CC(C)C(CO[Si](C)(C)C)N=Cc1ccccn1. The van der Waals surface area contributed by atoms with E-state index in [2.05, 4.69) is 43.5 Å². The van der Waals surface area contributed by atoms with Crippen molar-refractivity contribution in [2.75, 3.05) is 6.61 Å². The van der Waals surface area contributed by atoms with Gasteiger partial charge in [-0.15, -0.1) is 0 Å². The van der Waals surface area contributed by atoms with Crippen molar-refractivity contribution in [1.82, 2.24) is 4.98 Å². The summed E-state index contributed by atoms with van der Waals surface area (Å²) < 4.78 is 5.95. The lowest BCUT2D eigenvalue weighted by Gasteiger charge is -2.23. The number of aromatic nitrogens is 1. The zero-order valence-electron chi connectivity index (χ0n) is 12.1. The van der Waals surface area contributed by atoms with Crippen molar-refractivity contribution < 1.29 is 4.43 Å². The first-order chi connectivity index (χ1) is 8.38. The van der Waals surface area contributed by atoms with E-state index < -0.39 is 8.32 Å². The highest BCUT2D eigenvalue weighted by molar-refractivity contribution is 6.69. The number of rotatable bonds is 6. The second-order valence-electron chi connectivity index (χ2n) is 5.77. The maximum Gasteiger partial charge on any atom is 0.183 e. The van der Waals surface area contributed by atoms with E-state index in [9.17, 15) is 0 Å². The standard InChI is InChI=1S/C14H24N2OSi/c1-12(2)14(11-17-18(3,4)5)16-10-13-8-6-7-9-15-13/h6-10,12,14H,11H2,1-5H3. The molecule has 1 rings (SSSR count). The Kier molecular flexibility index (Phi) is 5.69. The van der Waals surface area contributed by atoms with Gasteiger partial charge in [-0.2, -0.15) is 0 Å². The minimum atomic E-state index is -1.46. The van der Waals surface area contributed by atoms with Crippen molar-refractivity contribution in [1.29, 1.82) is 0 Å². The number of nitrogens with zero attached hydrogens (tertiary/aromatic N) is 2. The molecule has 3 nitrogen and oxygen atoms in total.